The second kappa shape index (κ2) is 7.37. The van der Waals surface area contributed by atoms with E-state index in [2.05, 4.69) is 47.1 Å². The lowest BCUT2D eigenvalue weighted by atomic mass is 10.1. The van der Waals surface area contributed by atoms with Gasteiger partial charge in [0.1, 0.15) is 5.82 Å². The predicted octanol–water partition coefficient (Wildman–Crippen LogP) is 4.95. The van der Waals surface area contributed by atoms with Gasteiger partial charge in [0.05, 0.1) is 22.0 Å². The van der Waals surface area contributed by atoms with E-state index in [4.69, 9.17) is 4.98 Å². The Morgan fingerprint density at radius 1 is 1.11 bits per heavy atom. The molecule has 4 rings (SSSR count). The lowest BCUT2D eigenvalue weighted by molar-refractivity contribution is 0.0942. The van der Waals surface area contributed by atoms with E-state index in [-0.39, 0.29) is 11.9 Å². The summed E-state index contributed by atoms with van der Waals surface area (Å²) >= 11 is 1.44. The van der Waals surface area contributed by atoms with Crippen LogP contribution in [0.4, 0.5) is 0 Å². The molecule has 2 aromatic carbocycles. The second-order valence-electron chi connectivity index (χ2n) is 6.64. The van der Waals surface area contributed by atoms with Crippen molar-refractivity contribution in [1.29, 1.82) is 0 Å². The Hall–Kier alpha value is -2.92. The third-order valence-electron chi connectivity index (χ3n) is 4.75. The minimum atomic E-state index is -0.198. The van der Waals surface area contributed by atoms with E-state index in [1.807, 2.05) is 42.6 Å². The van der Waals surface area contributed by atoms with Crippen molar-refractivity contribution < 1.29 is 4.79 Å². The standard InChI is InChI=1S/C22H21N3OS/c1-15-8-3-4-9-17(15)14-25-19-11-6-5-10-18(19)24-21(25)16(2)23-22(26)20-12-7-13-27-20/h3-13,16H,14H2,1-2H3,(H,23,26)/t16-/m0/s1. The van der Waals surface area contributed by atoms with Crippen molar-refractivity contribution in [3.8, 4) is 0 Å². The number of rotatable bonds is 5. The monoisotopic (exact) mass is 375 g/mol. The maximum absolute atomic E-state index is 12.5. The van der Waals surface area contributed by atoms with Crippen LogP contribution in [0.1, 0.15) is 39.6 Å². The average molecular weight is 375 g/mol. The fraction of sp³-hybridized carbons (Fsp3) is 0.182. The first-order chi connectivity index (χ1) is 13.1. The van der Waals surface area contributed by atoms with Crippen molar-refractivity contribution in [2.24, 2.45) is 0 Å². The molecule has 0 aliphatic rings. The fourth-order valence-electron chi connectivity index (χ4n) is 3.29. The Kier molecular flexibility index (Phi) is 4.77. The Morgan fingerprint density at radius 3 is 2.67 bits per heavy atom. The fourth-order valence-corrected chi connectivity index (χ4v) is 3.92. The van der Waals surface area contributed by atoms with Crippen LogP contribution in [0.2, 0.25) is 0 Å². The SMILES string of the molecule is Cc1ccccc1Cn1c([C@H](C)NC(=O)c2cccs2)nc2ccccc21. The number of carbonyl (C=O) groups is 1. The molecule has 0 radical (unpaired) electrons. The third-order valence-corrected chi connectivity index (χ3v) is 5.62. The number of imidazole rings is 1. The number of para-hydroxylation sites is 2. The van der Waals surface area contributed by atoms with Gasteiger partial charge in [-0.05, 0) is 48.6 Å². The highest BCUT2D eigenvalue weighted by Gasteiger charge is 2.19. The third kappa shape index (κ3) is 3.51. The molecule has 1 atom stereocenters. The number of fused-ring (bicyclic) bond motifs is 1. The van der Waals surface area contributed by atoms with E-state index in [1.165, 1.54) is 22.5 Å². The zero-order valence-electron chi connectivity index (χ0n) is 15.3. The average Bonchev–Trinajstić information content (AvgIpc) is 3.32. The summed E-state index contributed by atoms with van der Waals surface area (Å²) < 4.78 is 2.21. The summed E-state index contributed by atoms with van der Waals surface area (Å²) in [5.74, 6) is 0.802. The smallest absolute Gasteiger partial charge is 0.261 e. The molecule has 0 unspecified atom stereocenters. The molecule has 4 aromatic rings. The Balaban J connectivity index is 1.71. The summed E-state index contributed by atoms with van der Waals surface area (Å²) in [5, 5.41) is 5.00. The van der Waals surface area contributed by atoms with Crippen LogP contribution in [0, 0.1) is 6.92 Å². The van der Waals surface area contributed by atoms with Crippen LogP contribution >= 0.6 is 11.3 Å². The molecule has 4 nitrogen and oxygen atoms in total. The number of thiophene rings is 1. The van der Waals surface area contributed by atoms with Gasteiger partial charge in [0.15, 0.2) is 0 Å². The van der Waals surface area contributed by atoms with Gasteiger partial charge < -0.3 is 9.88 Å². The van der Waals surface area contributed by atoms with Crippen LogP contribution < -0.4 is 5.32 Å². The van der Waals surface area contributed by atoms with E-state index in [0.717, 1.165) is 23.4 Å². The van der Waals surface area contributed by atoms with Crippen LogP contribution in [-0.2, 0) is 6.54 Å². The molecule has 136 valence electrons. The molecular formula is C22H21N3OS. The van der Waals surface area contributed by atoms with Crippen molar-refractivity contribution in [2.75, 3.05) is 0 Å². The Morgan fingerprint density at radius 2 is 1.89 bits per heavy atom. The molecule has 0 saturated carbocycles. The van der Waals surface area contributed by atoms with E-state index in [1.54, 1.807) is 0 Å². The topological polar surface area (TPSA) is 46.9 Å². The van der Waals surface area contributed by atoms with Crippen molar-refractivity contribution >= 4 is 28.3 Å². The van der Waals surface area contributed by atoms with Gasteiger partial charge in [-0.15, -0.1) is 11.3 Å². The number of aromatic nitrogens is 2. The lowest BCUT2D eigenvalue weighted by Gasteiger charge is -2.17. The maximum Gasteiger partial charge on any atom is 0.261 e. The number of aryl methyl sites for hydroxylation is 1. The van der Waals surface area contributed by atoms with Gasteiger partial charge in [-0.2, -0.15) is 0 Å². The summed E-state index contributed by atoms with van der Waals surface area (Å²) in [5.41, 5.74) is 4.52. The van der Waals surface area contributed by atoms with Crippen LogP contribution in [0.15, 0.2) is 66.0 Å². The zero-order chi connectivity index (χ0) is 18.8. The van der Waals surface area contributed by atoms with Crippen LogP contribution in [0.3, 0.4) is 0 Å². The minimum Gasteiger partial charge on any atom is -0.342 e. The Labute approximate surface area is 162 Å². The highest BCUT2D eigenvalue weighted by molar-refractivity contribution is 7.12. The van der Waals surface area contributed by atoms with E-state index >= 15 is 0 Å². The summed E-state index contributed by atoms with van der Waals surface area (Å²) in [6.07, 6.45) is 0. The van der Waals surface area contributed by atoms with Gasteiger partial charge in [-0.3, -0.25) is 4.79 Å². The van der Waals surface area contributed by atoms with E-state index in [0.29, 0.717) is 4.88 Å². The van der Waals surface area contributed by atoms with Crippen LogP contribution in [0.25, 0.3) is 11.0 Å². The number of hydrogen-bond donors (Lipinski definition) is 1. The molecule has 1 amide bonds. The summed E-state index contributed by atoms with van der Waals surface area (Å²) in [4.78, 5) is 18.0. The quantitative estimate of drug-likeness (QED) is 0.537. The number of amides is 1. The van der Waals surface area contributed by atoms with Gasteiger partial charge in [-0.25, -0.2) is 4.98 Å². The molecule has 0 fully saturated rings. The number of benzene rings is 2. The van der Waals surface area contributed by atoms with Crippen molar-refractivity contribution in [3.05, 3.63) is 87.9 Å². The highest BCUT2D eigenvalue weighted by atomic mass is 32.1. The molecule has 27 heavy (non-hydrogen) atoms. The van der Waals surface area contributed by atoms with Crippen LogP contribution in [0.5, 0.6) is 0 Å². The molecule has 1 N–H and O–H groups in total. The first kappa shape index (κ1) is 17.5. The lowest BCUT2D eigenvalue weighted by Crippen LogP contribution is -2.28. The largest absolute Gasteiger partial charge is 0.342 e. The predicted molar refractivity (Wildman–Crippen MR) is 110 cm³/mol. The van der Waals surface area contributed by atoms with E-state index in [9.17, 15) is 4.79 Å². The Bertz CT molecular complexity index is 1080. The van der Waals surface area contributed by atoms with Crippen molar-refractivity contribution in [1.82, 2.24) is 14.9 Å². The maximum atomic E-state index is 12.5. The molecule has 0 bridgehead atoms. The molecule has 5 heteroatoms. The van der Waals surface area contributed by atoms with Gasteiger partial charge in [0.2, 0.25) is 0 Å². The van der Waals surface area contributed by atoms with Gasteiger partial charge in [0.25, 0.3) is 5.91 Å². The molecule has 2 heterocycles. The number of nitrogens with zero attached hydrogens (tertiary/aromatic N) is 2. The number of nitrogens with one attached hydrogen (secondary N) is 1. The first-order valence-electron chi connectivity index (χ1n) is 8.97. The molecule has 0 aliphatic heterocycles. The normalized spacial score (nSPS) is 12.2. The zero-order valence-corrected chi connectivity index (χ0v) is 16.2. The number of carbonyl (C=O) groups excluding carboxylic acids is 1. The minimum absolute atomic E-state index is 0.0630. The summed E-state index contributed by atoms with van der Waals surface area (Å²) in [6, 6.07) is 20.0. The van der Waals surface area contributed by atoms with Crippen molar-refractivity contribution in [2.45, 2.75) is 26.4 Å². The molecule has 0 spiro atoms. The summed E-state index contributed by atoms with van der Waals surface area (Å²) in [6.45, 7) is 4.83. The molecule has 0 aliphatic carbocycles. The van der Waals surface area contributed by atoms with Gasteiger partial charge in [-0.1, -0.05) is 42.5 Å². The van der Waals surface area contributed by atoms with Crippen molar-refractivity contribution in [3.63, 3.8) is 0 Å². The second-order valence-corrected chi connectivity index (χ2v) is 7.59. The van der Waals surface area contributed by atoms with Gasteiger partial charge >= 0.3 is 0 Å². The first-order valence-corrected chi connectivity index (χ1v) is 9.85. The molecule has 2 aromatic heterocycles. The van der Waals surface area contributed by atoms with E-state index < -0.39 is 0 Å². The summed E-state index contributed by atoms with van der Waals surface area (Å²) in [7, 11) is 0. The highest BCUT2D eigenvalue weighted by Crippen LogP contribution is 2.23. The number of hydrogen-bond acceptors (Lipinski definition) is 3. The molecule has 0 saturated heterocycles. The van der Waals surface area contributed by atoms with Crippen LogP contribution in [-0.4, -0.2) is 15.5 Å². The molecular weight excluding hydrogens is 354 g/mol. The van der Waals surface area contributed by atoms with Gasteiger partial charge in [0, 0.05) is 6.54 Å².